The molecule has 1 heterocycles. The molecular formula is C42H76O12S. The van der Waals surface area contributed by atoms with Crippen molar-refractivity contribution in [2.24, 2.45) is 0 Å². The van der Waals surface area contributed by atoms with Gasteiger partial charge in [-0.15, -0.1) is 0 Å². The van der Waals surface area contributed by atoms with E-state index in [0.29, 0.717) is 13.0 Å². The maximum Gasteiger partial charge on any atom is 0.397 e. The molecule has 0 amide bonds. The summed E-state index contributed by atoms with van der Waals surface area (Å²) in [5.41, 5.74) is 0. The van der Waals surface area contributed by atoms with Crippen molar-refractivity contribution in [3.8, 4) is 0 Å². The third-order valence-corrected chi connectivity index (χ3v) is 9.93. The maximum atomic E-state index is 12.8. The number of allylic oxidation sites excluding steroid dienone is 6. The van der Waals surface area contributed by atoms with Crippen molar-refractivity contribution >= 4 is 16.4 Å². The minimum absolute atomic E-state index is 0.0284. The first kappa shape index (κ1) is 51.3. The van der Waals surface area contributed by atoms with E-state index in [1.807, 2.05) is 0 Å². The molecule has 0 spiro atoms. The highest BCUT2D eigenvalue weighted by atomic mass is 32.3. The van der Waals surface area contributed by atoms with Crippen LogP contribution in [0.25, 0.3) is 0 Å². The lowest BCUT2D eigenvalue weighted by molar-refractivity contribution is -0.301. The van der Waals surface area contributed by atoms with Crippen molar-refractivity contribution in [1.29, 1.82) is 0 Å². The highest BCUT2D eigenvalue weighted by Crippen LogP contribution is 2.26. The minimum Gasteiger partial charge on any atom is -0.457 e. The summed E-state index contributed by atoms with van der Waals surface area (Å²) in [6.45, 7) is 3.87. The average Bonchev–Trinajstić information content (AvgIpc) is 3.15. The lowest BCUT2D eigenvalue weighted by Gasteiger charge is -2.41. The molecule has 4 N–H and O–H groups in total. The van der Waals surface area contributed by atoms with Crippen LogP contribution in [-0.2, 0) is 38.3 Å². The number of unbranched alkanes of at least 4 members (excludes halogenated alkanes) is 17. The molecule has 0 aromatic heterocycles. The van der Waals surface area contributed by atoms with Gasteiger partial charge in [0.2, 0.25) is 0 Å². The number of aliphatic hydroxyl groups is 3. The van der Waals surface area contributed by atoms with Gasteiger partial charge in [-0.2, -0.15) is 8.42 Å². The molecule has 0 radical (unpaired) electrons. The molecule has 322 valence electrons. The van der Waals surface area contributed by atoms with E-state index in [9.17, 15) is 28.5 Å². The molecule has 6 unspecified atom stereocenters. The van der Waals surface area contributed by atoms with Crippen LogP contribution in [0.4, 0.5) is 0 Å². The highest BCUT2D eigenvalue weighted by Gasteiger charge is 2.48. The average molecular weight is 805 g/mol. The molecule has 0 saturated carbocycles. The molecule has 12 nitrogen and oxygen atoms in total. The van der Waals surface area contributed by atoms with Gasteiger partial charge in [-0.3, -0.25) is 9.35 Å². The smallest absolute Gasteiger partial charge is 0.397 e. The first-order chi connectivity index (χ1) is 26.6. The quantitative estimate of drug-likeness (QED) is 0.0207. The third kappa shape index (κ3) is 28.4. The lowest BCUT2D eigenvalue weighted by Crippen LogP contribution is -2.60. The second kappa shape index (κ2) is 34.4. The van der Waals surface area contributed by atoms with Gasteiger partial charge in [-0.25, -0.2) is 4.18 Å². The van der Waals surface area contributed by atoms with Gasteiger partial charge in [0.25, 0.3) is 0 Å². The summed E-state index contributed by atoms with van der Waals surface area (Å²) in [4.78, 5) is 12.8. The molecule has 1 aliphatic rings. The summed E-state index contributed by atoms with van der Waals surface area (Å²) < 4.78 is 58.9. The summed E-state index contributed by atoms with van der Waals surface area (Å²) >= 11 is 0. The Morgan fingerprint density at radius 2 is 1.24 bits per heavy atom. The standard InChI is InChI=1S/C42H76O12S/c1-3-5-7-9-11-13-15-16-17-18-19-20-21-23-25-27-29-31-38(44)52-36(34-50-32-30-28-26-24-22-14-12-10-8-6-4-2)35-51-42-40(46)41(54-55(47,48)49)39(45)37(33-43)53-42/h8,10-11,13,16-17,36-37,39-43,45-46H,3-7,9,12,14-15,18-35H2,1-2H3,(H,47,48,49)/b10-8-,13-11-,17-16-. The maximum absolute atomic E-state index is 12.8. The number of hydrogen-bond donors (Lipinski definition) is 4. The highest BCUT2D eigenvalue weighted by molar-refractivity contribution is 7.80. The van der Waals surface area contributed by atoms with Crippen molar-refractivity contribution in [2.75, 3.05) is 26.4 Å². The van der Waals surface area contributed by atoms with Gasteiger partial charge in [0, 0.05) is 13.0 Å². The summed E-state index contributed by atoms with van der Waals surface area (Å²) in [5, 5.41) is 30.6. The van der Waals surface area contributed by atoms with Crippen LogP contribution in [-0.4, -0.2) is 97.5 Å². The largest absolute Gasteiger partial charge is 0.457 e. The Morgan fingerprint density at radius 3 is 1.82 bits per heavy atom. The Labute approximate surface area is 333 Å². The van der Waals surface area contributed by atoms with Crippen molar-refractivity contribution in [3.05, 3.63) is 36.5 Å². The molecule has 0 bridgehead atoms. The lowest BCUT2D eigenvalue weighted by atomic mass is 9.99. The molecule has 0 aromatic carbocycles. The molecule has 0 aliphatic carbocycles. The SMILES string of the molecule is CCC/C=C\CCCCCCCCOCC(COC1OC(CO)C(O)C(OS(=O)(=O)O)C1O)OC(=O)CCCCCCCCC/C=C\C/C=C\CCCCC. The van der Waals surface area contributed by atoms with E-state index < -0.39 is 59.8 Å². The number of carbonyl (C=O) groups excluding carboxylic acids is 1. The zero-order valence-corrected chi connectivity index (χ0v) is 34.8. The van der Waals surface area contributed by atoms with Gasteiger partial charge in [0.05, 0.1) is 19.8 Å². The Bertz CT molecular complexity index is 1110. The second-order valence-electron chi connectivity index (χ2n) is 14.6. The number of ether oxygens (including phenoxy) is 4. The van der Waals surface area contributed by atoms with Gasteiger partial charge < -0.3 is 34.3 Å². The van der Waals surface area contributed by atoms with Crippen molar-refractivity contribution in [2.45, 2.75) is 198 Å². The molecule has 55 heavy (non-hydrogen) atoms. The van der Waals surface area contributed by atoms with Crippen molar-refractivity contribution < 1.29 is 56.2 Å². The number of hydrogen-bond acceptors (Lipinski definition) is 11. The van der Waals surface area contributed by atoms with Gasteiger partial charge in [-0.05, 0) is 64.2 Å². The fourth-order valence-corrected chi connectivity index (χ4v) is 6.74. The van der Waals surface area contributed by atoms with E-state index >= 15 is 0 Å². The molecular weight excluding hydrogens is 729 g/mol. The Kier molecular flexibility index (Phi) is 32.1. The van der Waals surface area contributed by atoms with E-state index in [1.165, 1.54) is 70.6 Å². The number of aliphatic hydroxyl groups excluding tert-OH is 3. The molecule has 1 saturated heterocycles. The number of carbonyl (C=O) groups is 1. The number of rotatable bonds is 36. The Balaban J connectivity index is 2.46. The first-order valence-corrected chi connectivity index (χ1v) is 22.6. The van der Waals surface area contributed by atoms with Crippen LogP contribution >= 0.6 is 0 Å². The monoisotopic (exact) mass is 805 g/mol. The van der Waals surface area contributed by atoms with Crippen LogP contribution in [0.3, 0.4) is 0 Å². The van der Waals surface area contributed by atoms with E-state index in [0.717, 1.165) is 64.2 Å². The second-order valence-corrected chi connectivity index (χ2v) is 15.6. The predicted molar refractivity (Wildman–Crippen MR) is 216 cm³/mol. The zero-order valence-electron chi connectivity index (χ0n) is 34.0. The van der Waals surface area contributed by atoms with Crippen LogP contribution in [0.5, 0.6) is 0 Å². The molecule has 1 aliphatic heterocycles. The Morgan fingerprint density at radius 1 is 0.691 bits per heavy atom. The molecule has 0 aromatic rings. The molecule has 1 rings (SSSR count). The predicted octanol–water partition coefficient (Wildman–Crippen LogP) is 8.24. The van der Waals surface area contributed by atoms with Gasteiger partial charge in [0.15, 0.2) is 6.29 Å². The fraction of sp³-hybridized carbons (Fsp3) is 0.833. The van der Waals surface area contributed by atoms with Gasteiger partial charge >= 0.3 is 16.4 Å². The van der Waals surface area contributed by atoms with Crippen LogP contribution in [0.15, 0.2) is 36.5 Å². The summed E-state index contributed by atoms with van der Waals surface area (Å²) in [5.74, 6) is -0.411. The van der Waals surface area contributed by atoms with E-state index in [-0.39, 0.29) is 19.6 Å². The summed E-state index contributed by atoms with van der Waals surface area (Å²) in [7, 11) is -5.06. The zero-order chi connectivity index (χ0) is 40.4. The molecule has 13 heteroatoms. The van der Waals surface area contributed by atoms with Crippen LogP contribution in [0.2, 0.25) is 0 Å². The third-order valence-electron chi connectivity index (χ3n) is 9.47. The Hall–Kier alpha value is -1.68. The van der Waals surface area contributed by atoms with Gasteiger partial charge in [-0.1, -0.05) is 127 Å². The normalized spacial score (nSPS) is 21.3. The van der Waals surface area contributed by atoms with Crippen molar-refractivity contribution in [1.82, 2.24) is 0 Å². The van der Waals surface area contributed by atoms with E-state index in [4.69, 9.17) is 23.5 Å². The minimum atomic E-state index is -5.06. The van der Waals surface area contributed by atoms with E-state index in [2.05, 4.69) is 54.5 Å². The first-order valence-electron chi connectivity index (χ1n) is 21.2. The topological polar surface area (TPSA) is 178 Å². The summed E-state index contributed by atoms with van der Waals surface area (Å²) in [6.07, 6.45) is 28.9. The van der Waals surface area contributed by atoms with Crippen LogP contribution in [0.1, 0.15) is 162 Å². The fourth-order valence-electron chi connectivity index (χ4n) is 6.23. The summed E-state index contributed by atoms with van der Waals surface area (Å²) in [6, 6.07) is 0. The molecule has 6 atom stereocenters. The van der Waals surface area contributed by atoms with Crippen molar-refractivity contribution in [3.63, 3.8) is 0 Å². The van der Waals surface area contributed by atoms with Gasteiger partial charge in [0.1, 0.15) is 30.5 Å². The van der Waals surface area contributed by atoms with E-state index in [1.54, 1.807) is 0 Å². The number of esters is 1. The van der Waals surface area contributed by atoms with Crippen LogP contribution in [0, 0.1) is 0 Å². The molecule has 1 fully saturated rings. The van der Waals surface area contributed by atoms with Crippen LogP contribution < -0.4 is 0 Å².